The van der Waals surface area contributed by atoms with Gasteiger partial charge in [-0.3, -0.25) is 9.59 Å². The first-order valence-corrected chi connectivity index (χ1v) is 11.0. The van der Waals surface area contributed by atoms with E-state index in [4.69, 9.17) is 4.42 Å². The fourth-order valence-corrected chi connectivity index (χ4v) is 4.68. The largest absolute Gasteiger partial charge is 0.467 e. The number of carbonyl (C=O) groups is 2. The maximum atomic E-state index is 12.7. The van der Waals surface area contributed by atoms with Crippen LogP contribution in [0.25, 0.3) is 0 Å². The summed E-state index contributed by atoms with van der Waals surface area (Å²) < 4.78 is 5.40. The van der Waals surface area contributed by atoms with Crippen molar-refractivity contribution >= 4 is 23.6 Å². The third-order valence-corrected chi connectivity index (χ3v) is 6.51. The van der Waals surface area contributed by atoms with Gasteiger partial charge in [-0.2, -0.15) is 0 Å². The number of hydrogen-bond donors (Lipinski definition) is 1. The van der Waals surface area contributed by atoms with Crippen molar-refractivity contribution in [1.82, 2.24) is 10.2 Å². The summed E-state index contributed by atoms with van der Waals surface area (Å²) in [4.78, 5) is 26.8. The highest BCUT2D eigenvalue weighted by Gasteiger charge is 2.33. The fraction of sp³-hybridized carbons (Fsp3) is 0.250. The Hall–Kier alpha value is -2.99. The predicted octanol–water partition coefficient (Wildman–Crippen LogP) is 4.85. The molecule has 2 aromatic carbocycles. The molecule has 0 bridgehead atoms. The van der Waals surface area contributed by atoms with Crippen LogP contribution in [0.5, 0.6) is 0 Å². The minimum absolute atomic E-state index is 0.0776. The standard InChI is InChI=1S/C24H24N2O3S/c1-16-5-7-18(8-6-16)17(2)25-23(28)19-9-11-20(12-10-19)24-26(22(27)15-30-24)14-21-4-3-13-29-21/h3-13,17,24H,14-15H2,1-2H3,(H,25,28)/t17-,24+/m1/s1. The van der Waals surface area contributed by atoms with Gasteiger partial charge in [0.05, 0.1) is 24.6 Å². The van der Waals surface area contributed by atoms with Gasteiger partial charge in [-0.05, 0) is 49.2 Å². The molecule has 4 rings (SSSR count). The number of benzene rings is 2. The molecule has 1 aliphatic heterocycles. The molecule has 1 aromatic heterocycles. The molecule has 3 aromatic rings. The second-order valence-electron chi connectivity index (χ2n) is 7.49. The number of hydrogen-bond acceptors (Lipinski definition) is 4. The third-order valence-electron chi connectivity index (χ3n) is 5.26. The van der Waals surface area contributed by atoms with Crippen LogP contribution in [0.4, 0.5) is 0 Å². The van der Waals surface area contributed by atoms with E-state index in [2.05, 4.69) is 5.32 Å². The summed E-state index contributed by atoms with van der Waals surface area (Å²) in [5.74, 6) is 1.19. The van der Waals surface area contributed by atoms with Crippen molar-refractivity contribution < 1.29 is 14.0 Å². The van der Waals surface area contributed by atoms with E-state index in [0.717, 1.165) is 16.9 Å². The molecule has 2 amide bonds. The van der Waals surface area contributed by atoms with Crippen molar-refractivity contribution in [3.8, 4) is 0 Å². The molecular weight excluding hydrogens is 396 g/mol. The zero-order chi connectivity index (χ0) is 21.1. The molecule has 2 heterocycles. The van der Waals surface area contributed by atoms with Gasteiger partial charge in [0.15, 0.2) is 0 Å². The Morgan fingerprint density at radius 2 is 1.90 bits per heavy atom. The maximum absolute atomic E-state index is 12.7. The Balaban J connectivity index is 1.43. The molecule has 1 fully saturated rings. The lowest BCUT2D eigenvalue weighted by Gasteiger charge is -2.23. The summed E-state index contributed by atoms with van der Waals surface area (Å²) in [6, 6.07) is 19.3. The van der Waals surface area contributed by atoms with Crippen molar-refractivity contribution in [3.05, 3.63) is 94.9 Å². The number of furan rings is 1. The van der Waals surface area contributed by atoms with Gasteiger partial charge in [-0.25, -0.2) is 0 Å². The monoisotopic (exact) mass is 420 g/mol. The fourth-order valence-electron chi connectivity index (χ4n) is 3.49. The molecule has 0 radical (unpaired) electrons. The second kappa shape index (κ2) is 8.79. The van der Waals surface area contributed by atoms with Crippen LogP contribution < -0.4 is 5.32 Å². The minimum Gasteiger partial charge on any atom is -0.467 e. The molecule has 2 atom stereocenters. The number of nitrogens with one attached hydrogen (secondary N) is 1. The van der Waals surface area contributed by atoms with Gasteiger partial charge < -0.3 is 14.6 Å². The molecule has 30 heavy (non-hydrogen) atoms. The Kier molecular flexibility index (Phi) is 5.95. The molecule has 0 spiro atoms. The highest BCUT2D eigenvalue weighted by Crippen LogP contribution is 2.39. The van der Waals surface area contributed by atoms with Crippen LogP contribution in [-0.4, -0.2) is 22.5 Å². The molecule has 1 saturated heterocycles. The SMILES string of the molecule is Cc1ccc([C@@H](C)NC(=O)c2ccc([C@@H]3SCC(=O)N3Cc3ccco3)cc2)cc1. The first-order valence-electron chi connectivity index (χ1n) is 9.92. The molecule has 1 aliphatic rings. The Morgan fingerprint density at radius 1 is 1.17 bits per heavy atom. The lowest BCUT2D eigenvalue weighted by Crippen LogP contribution is -2.28. The van der Waals surface area contributed by atoms with Crippen molar-refractivity contribution in [1.29, 1.82) is 0 Å². The van der Waals surface area contributed by atoms with Gasteiger partial charge in [-0.15, -0.1) is 11.8 Å². The second-order valence-corrected chi connectivity index (χ2v) is 8.56. The van der Waals surface area contributed by atoms with Crippen LogP contribution >= 0.6 is 11.8 Å². The van der Waals surface area contributed by atoms with Crippen molar-refractivity contribution in [3.63, 3.8) is 0 Å². The molecule has 5 nitrogen and oxygen atoms in total. The molecule has 0 aliphatic carbocycles. The van der Waals surface area contributed by atoms with Gasteiger partial charge in [-0.1, -0.05) is 42.0 Å². The topological polar surface area (TPSA) is 62.6 Å². The highest BCUT2D eigenvalue weighted by molar-refractivity contribution is 8.00. The van der Waals surface area contributed by atoms with Gasteiger partial charge in [0.2, 0.25) is 5.91 Å². The van der Waals surface area contributed by atoms with Crippen LogP contribution in [0, 0.1) is 6.92 Å². The van der Waals surface area contributed by atoms with Crippen LogP contribution in [-0.2, 0) is 11.3 Å². The molecule has 0 unspecified atom stereocenters. The number of nitrogens with zero attached hydrogens (tertiary/aromatic N) is 1. The van der Waals surface area contributed by atoms with Gasteiger partial charge >= 0.3 is 0 Å². The molecule has 0 saturated carbocycles. The third kappa shape index (κ3) is 4.44. The van der Waals surface area contributed by atoms with E-state index in [1.165, 1.54) is 5.56 Å². The highest BCUT2D eigenvalue weighted by atomic mass is 32.2. The Labute approximate surface area is 180 Å². The number of carbonyl (C=O) groups excluding carboxylic acids is 2. The smallest absolute Gasteiger partial charge is 0.251 e. The summed E-state index contributed by atoms with van der Waals surface area (Å²) in [5, 5.41) is 2.97. The van der Waals surface area contributed by atoms with E-state index in [1.807, 2.05) is 79.4 Å². The lowest BCUT2D eigenvalue weighted by atomic mass is 10.1. The normalized spacial score (nSPS) is 17.2. The van der Waals surface area contributed by atoms with Gasteiger partial charge in [0.25, 0.3) is 5.91 Å². The van der Waals surface area contributed by atoms with Crippen molar-refractivity contribution in [2.45, 2.75) is 31.8 Å². The summed E-state index contributed by atoms with van der Waals surface area (Å²) in [7, 11) is 0. The zero-order valence-electron chi connectivity index (χ0n) is 17.0. The zero-order valence-corrected chi connectivity index (χ0v) is 17.8. The van der Waals surface area contributed by atoms with Crippen molar-refractivity contribution in [2.24, 2.45) is 0 Å². The average Bonchev–Trinajstić information content (AvgIpc) is 3.39. The summed E-state index contributed by atoms with van der Waals surface area (Å²) in [6.45, 7) is 4.46. The lowest BCUT2D eigenvalue weighted by molar-refractivity contribution is -0.128. The summed E-state index contributed by atoms with van der Waals surface area (Å²) >= 11 is 1.59. The van der Waals surface area contributed by atoms with E-state index < -0.39 is 0 Å². The van der Waals surface area contributed by atoms with E-state index >= 15 is 0 Å². The number of amides is 2. The van der Waals surface area contributed by atoms with E-state index in [0.29, 0.717) is 17.9 Å². The molecule has 154 valence electrons. The van der Waals surface area contributed by atoms with E-state index in [9.17, 15) is 9.59 Å². The Morgan fingerprint density at radius 3 is 2.57 bits per heavy atom. The predicted molar refractivity (Wildman–Crippen MR) is 118 cm³/mol. The number of thioether (sulfide) groups is 1. The Bertz CT molecular complexity index is 1010. The van der Waals surface area contributed by atoms with E-state index in [1.54, 1.807) is 18.0 Å². The van der Waals surface area contributed by atoms with Crippen LogP contribution in [0.15, 0.2) is 71.3 Å². The van der Waals surface area contributed by atoms with Crippen LogP contribution in [0.3, 0.4) is 0 Å². The van der Waals surface area contributed by atoms with Gasteiger partial charge in [0.1, 0.15) is 11.1 Å². The molecule has 1 N–H and O–H groups in total. The summed E-state index contributed by atoms with van der Waals surface area (Å²) in [6.07, 6.45) is 1.61. The van der Waals surface area contributed by atoms with Gasteiger partial charge in [0, 0.05) is 5.56 Å². The van der Waals surface area contributed by atoms with Crippen LogP contribution in [0.2, 0.25) is 0 Å². The quantitative estimate of drug-likeness (QED) is 0.619. The number of aryl methyl sites for hydroxylation is 1. The van der Waals surface area contributed by atoms with E-state index in [-0.39, 0.29) is 23.2 Å². The number of rotatable bonds is 6. The first-order chi connectivity index (χ1) is 14.5. The molecular formula is C24H24N2O3S. The minimum atomic E-state index is -0.114. The first kappa shape index (κ1) is 20.3. The summed E-state index contributed by atoms with van der Waals surface area (Å²) in [5.41, 5.74) is 3.86. The average molecular weight is 421 g/mol. The van der Waals surface area contributed by atoms with Crippen LogP contribution in [0.1, 0.15) is 51.1 Å². The van der Waals surface area contributed by atoms with Crippen molar-refractivity contribution in [2.75, 3.05) is 5.75 Å². The maximum Gasteiger partial charge on any atom is 0.251 e. The molecule has 6 heteroatoms.